The lowest BCUT2D eigenvalue weighted by molar-refractivity contribution is 0.287. The quantitative estimate of drug-likeness (QED) is 0.795. The highest BCUT2D eigenvalue weighted by atomic mass is 32.2. The molecule has 0 spiro atoms. The Morgan fingerprint density at radius 2 is 1.79 bits per heavy atom. The summed E-state index contributed by atoms with van der Waals surface area (Å²) in [6, 6.07) is 12.4. The van der Waals surface area contributed by atoms with Crippen LogP contribution in [0.15, 0.2) is 48.8 Å². The molecular formula is C18H19N3O2S. The summed E-state index contributed by atoms with van der Waals surface area (Å²) in [5.41, 5.74) is 4.27. The van der Waals surface area contributed by atoms with E-state index in [1.165, 1.54) is 5.56 Å². The van der Waals surface area contributed by atoms with E-state index in [-0.39, 0.29) is 11.5 Å². The second-order valence-electron chi connectivity index (χ2n) is 6.23. The molecule has 0 aliphatic carbocycles. The highest BCUT2D eigenvalue weighted by Crippen LogP contribution is 2.25. The Morgan fingerprint density at radius 3 is 2.54 bits per heavy atom. The largest absolute Gasteiger partial charge is 0.359 e. The third-order valence-corrected chi connectivity index (χ3v) is 6.15. The predicted octanol–water partition coefficient (Wildman–Crippen LogP) is 2.46. The van der Waals surface area contributed by atoms with Gasteiger partial charge < -0.3 is 4.98 Å². The van der Waals surface area contributed by atoms with Crippen molar-refractivity contribution in [2.24, 2.45) is 0 Å². The number of benzene rings is 1. The first kappa shape index (κ1) is 15.4. The Balaban J connectivity index is 1.52. The molecule has 0 atom stereocenters. The number of hydrogen-bond donors (Lipinski definition) is 1. The van der Waals surface area contributed by atoms with Gasteiger partial charge in [0.2, 0.25) is 0 Å². The third kappa shape index (κ3) is 3.07. The number of H-pyrrole nitrogens is 1. The molecule has 0 unspecified atom stereocenters. The van der Waals surface area contributed by atoms with Crippen LogP contribution in [0.4, 0.5) is 0 Å². The lowest BCUT2D eigenvalue weighted by atomic mass is 10.1. The first-order valence-electron chi connectivity index (χ1n) is 8.05. The highest BCUT2D eigenvalue weighted by Gasteiger charge is 2.21. The fraction of sp³-hybridized carbons (Fsp3) is 0.278. The highest BCUT2D eigenvalue weighted by molar-refractivity contribution is 7.91. The topological polar surface area (TPSA) is 66.1 Å². The van der Waals surface area contributed by atoms with E-state index in [1.807, 2.05) is 24.5 Å². The van der Waals surface area contributed by atoms with Crippen LogP contribution in [0.5, 0.6) is 0 Å². The second kappa shape index (κ2) is 6.03. The number of sulfone groups is 1. The Labute approximate surface area is 141 Å². The summed E-state index contributed by atoms with van der Waals surface area (Å²) in [5, 5.41) is 1.15. The van der Waals surface area contributed by atoms with Crippen LogP contribution in [0.25, 0.3) is 22.2 Å². The summed E-state index contributed by atoms with van der Waals surface area (Å²) in [7, 11) is -2.82. The van der Waals surface area contributed by atoms with E-state index in [0.29, 0.717) is 13.1 Å². The van der Waals surface area contributed by atoms with Crippen molar-refractivity contribution in [1.29, 1.82) is 0 Å². The molecule has 24 heavy (non-hydrogen) atoms. The zero-order chi connectivity index (χ0) is 16.6. The molecular weight excluding hydrogens is 322 g/mol. The molecule has 6 heteroatoms. The molecule has 0 bridgehead atoms. The van der Waals surface area contributed by atoms with E-state index in [4.69, 9.17) is 0 Å². The van der Waals surface area contributed by atoms with Gasteiger partial charge in [0.25, 0.3) is 0 Å². The van der Waals surface area contributed by atoms with Gasteiger partial charge in [-0.3, -0.25) is 9.88 Å². The van der Waals surface area contributed by atoms with E-state index >= 15 is 0 Å². The van der Waals surface area contributed by atoms with Crippen molar-refractivity contribution in [2.45, 2.75) is 6.54 Å². The van der Waals surface area contributed by atoms with Crippen molar-refractivity contribution in [3.05, 3.63) is 54.4 Å². The number of rotatable bonds is 3. The van der Waals surface area contributed by atoms with Crippen molar-refractivity contribution < 1.29 is 8.42 Å². The van der Waals surface area contributed by atoms with E-state index in [9.17, 15) is 8.42 Å². The van der Waals surface area contributed by atoms with Crippen molar-refractivity contribution >= 4 is 20.7 Å². The molecule has 1 aromatic carbocycles. The fourth-order valence-electron chi connectivity index (χ4n) is 3.14. The van der Waals surface area contributed by atoms with E-state index in [2.05, 4.69) is 39.1 Å². The summed E-state index contributed by atoms with van der Waals surface area (Å²) in [4.78, 5) is 9.94. The maximum atomic E-state index is 11.5. The molecule has 3 heterocycles. The van der Waals surface area contributed by atoms with Crippen LogP contribution in [-0.2, 0) is 16.4 Å². The van der Waals surface area contributed by atoms with E-state index in [1.54, 1.807) is 0 Å². The van der Waals surface area contributed by atoms with Crippen LogP contribution < -0.4 is 0 Å². The van der Waals surface area contributed by atoms with Gasteiger partial charge in [-0.05, 0) is 17.7 Å². The lowest BCUT2D eigenvalue weighted by Crippen LogP contribution is -2.39. The second-order valence-corrected chi connectivity index (χ2v) is 8.53. The molecule has 124 valence electrons. The summed E-state index contributed by atoms with van der Waals surface area (Å²) in [6.07, 6.45) is 3.75. The van der Waals surface area contributed by atoms with Gasteiger partial charge in [0, 0.05) is 43.0 Å². The fourth-order valence-corrected chi connectivity index (χ4v) is 4.41. The van der Waals surface area contributed by atoms with Gasteiger partial charge in [-0.15, -0.1) is 0 Å². The minimum Gasteiger partial charge on any atom is -0.359 e. The monoisotopic (exact) mass is 341 g/mol. The van der Waals surface area contributed by atoms with Crippen LogP contribution in [-0.4, -0.2) is 47.9 Å². The van der Waals surface area contributed by atoms with Crippen LogP contribution in [0.3, 0.4) is 0 Å². The zero-order valence-electron chi connectivity index (χ0n) is 13.3. The Kier molecular flexibility index (Phi) is 3.86. The van der Waals surface area contributed by atoms with Crippen LogP contribution in [0.1, 0.15) is 5.56 Å². The van der Waals surface area contributed by atoms with Crippen molar-refractivity contribution in [3.8, 4) is 11.3 Å². The van der Waals surface area contributed by atoms with Gasteiger partial charge in [0.1, 0.15) is 0 Å². The minimum absolute atomic E-state index is 0.268. The van der Waals surface area contributed by atoms with Crippen molar-refractivity contribution in [3.63, 3.8) is 0 Å². The zero-order valence-corrected chi connectivity index (χ0v) is 14.1. The number of hydrogen-bond acceptors (Lipinski definition) is 4. The smallest absolute Gasteiger partial charge is 0.152 e. The standard InChI is InChI=1S/C18H19N3O2S/c22-24(23)11-9-21(10-12-24)13-14-1-3-15(4-2-14)17-18-16(5-7-19-17)6-8-20-18/h1-8,20H,9-13H2. The third-order valence-electron chi connectivity index (χ3n) is 4.54. The van der Waals surface area contributed by atoms with Gasteiger partial charge >= 0.3 is 0 Å². The normalized spacial score (nSPS) is 18.0. The molecule has 1 N–H and O–H groups in total. The van der Waals surface area contributed by atoms with E-state index in [0.717, 1.165) is 28.7 Å². The lowest BCUT2D eigenvalue weighted by Gasteiger charge is -2.26. The van der Waals surface area contributed by atoms with Gasteiger partial charge in [-0.1, -0.05) is 24.3 Å². The summed E-state index contributed by atoms with van der Waals surface area (Å²) < 4.78 is 23.0. The molecule has 0 amide bonds. The van der Waals surface area contributed by atoms with Crippen LogP contribution >= 0.6 is 0 Å². The average molecular weight is 341 g/mol. The Hall–Kier alpha value is -2.18. The summed E-state index contributed by atoms with van der Waals surface area (Å²) in [5.74, 6) is 0.535. The molecule has 5 nitrogen and oxygen atoms in total. The average Bonchev–Trinajstić information content (AvgIpc) is 3.06. The number of aromatic amines is 1. The molecule has 3 aromatic rings. The number of nitrogens with zero attached hydrogens (tertiary/aromatic N) is 2. The molecule has 4 rings (SSSR count). The number of aromatic nitrogens is 2. The van der Waals surface area contributed by atoms with Crippen LogP contribution in [0, 0.1) is 0 Å². The minimum atomic E-state index is -2.82. The number of nitrogens with one attached hydrogen (secondary N) is 1. The summed E-state index contributed by atoms with van der Waals surface area (Å²) in [6.45, 7) is 2.02. The molecule has 2 aromatic heterocycles. The number of pyridine rings is 1. The van der Waals surface area contributed by atoms with Crippen molar-refractivity contribution in [1.82, 2.24) is 14.9 Å². The first-order chi connectivity index (χ1) is 11.6. The Morgan fingerprint density at radius 1 is 1.04 bits per heavy atom. The molecule has 1 aliphatic heterocycles. The van der Waals surface area contributed by atoms with Crippen molar-refractivity contribution in [2.75, 3.05) is 24.6 Å². The van der Waals surface area contributed by atoms with Gasteiger partial charge in [-0.25, -0.2) is 8.42 Å². The Bertz CT molecular complexity index is 947. The molecule has 0 saturated carbocycles. The SMILES string of the molecule is O=S1(=O)CCN(Cc2ccc(-c3nccc4cc[nH]c34)cc2)CC1. The first-order valence-corrected chi connectivity index (χ1v) is 9.87. The maximum absolute atomic E-state index is 11.5. The summed E-state index contributed by atoms with van der Waals surface area (Å²) >= 11 is 0. The molecule has 1 fully saturated rings. The predicted molar refractivity (Wildman–Crippen MR) is 95.5 cm³/mol. The van der Waals surface area contributed by atoms with Crippen LogP contribution in [0.2, 0.25) is 0 Å². The van der Waals surface area contributed by atoms with Gasteiger partial charge in [0.15, 0.2) is 9.84 Å². The van der Waals surface area contributed by atoms with Gasteiger partial charge in [-0.2, -0.15) is 0 Å². The molecule has 0 radical (unpaired) electrons. The van der Waals surface area contributed by atoms with Gasteiger partial charge in [0.05, 0.1) is 22.7 Å². The van der Waals surface area contributed by atoms with E-state index < -0.39 is 9.84 Å². The maximum Gasteiger partial charge on any atom is 0.152 e. The number of fused-ring (bicyclic) bond motifs is 1. The molecule has 1 saturated heterocycles. The molecule has 1 aliphatic rings.